The van der Waals surface area contributed by atoms with E-state index in [1.54, 1.807) is 14.2 Å². The van der Waals surface area contributed by atoms with Crippen molar-refractivity contribution in [3.8, 4) is 17.1 Å². The van der Waals surface area contributed by atoms with Crippen LogP contribution in [0.3, 0.4) is 0 Å². The molecule has 0 bridgehead atoms. The summed E-state index contributed by atoms with van der Waals surface area (Å²) in [6.07, 6.45) is 0.936. The van der Waals surface area contributed by atoms with Gasteiger partial charge in [-0.3, -0.25) is 10.1 Å². The van der Waals surface area contributed by atoms with Gasteiger partial charge in [-0.25, -0.2) is 4.98 Å². The Labute approximate surface area is 182 Å². The first-order valence-corrected chi connectivity index (χ1v) is 8.82. The molecule has 2 aromatic carbocycles. The summed E-state index contributed by atoms with van der Waals surface area (Å²) >= 11 is 0. The Morgan fingerprint density at radius 3 is 2.50 bits per heavy atom. The summed E-state index contributed by atoms with van der Waals surface area (Å²) in [5.74, 6) is 2.93. The van der Waals surface area contributed by atoms with Crippen molar-refractivity contribution in [1.82, 2.24) is 25.8 Å². The summed E-state index contributed by atoms with van der Waals surface area (Å²) in [4.78, 5) is 8.75. The van der Waals surface area contributed by atoms with Gasteiger partial charge in [0, 0.05) is 19.2 Å². The zero-order chi connectivity index (χ0) is 18.9. The molecule has 3 N–H and O–H groups in total. The van der Waals surface area contributed by atoms with Gasteiger partial charge in [0.25, 0.3) is 0 Å². The van der Waals surface area contributed by atoms with Crippen LogP contribution in [0.4, 0.5) is 0 Å². The number of ether oxygens (including phenoxy) is 1. The highest BCUT2D eigenvalue weighted by molar-refractivity contribution is 14.0. The molecule has 28 heavy (non-hydrogen) atoms. The van der Waals surface area contributed by atoms with E-state index in [0.29, 0.717) is 12.4 Å². The molecule has 3 aromatic rings. The van der Waals surface area contributed by atoms with Crippen LogP contribution in [0.2, 0.25) is 0 Å². The van der Waals surface area contributed by atoms with Crippen molar-refractivity contribution >= 4 is 29.9 Å². The molecule has 8 heteroatoms. The maximum atomic E-state index is 5.17. The van der Waals surface area contributed by atoms with Crippen LogP contribution in [-0.4, -0.2) is 41.8 Å². The van der Waals surface area contributed by atoms with E-state index in [1.807, 2.05) is 42.5 Å². The topological polar surface area (TPSA) is 87.2 Å². The van der Waals surface area contributed by atoms with Gasteiger partial charge in [-0.15, -0.1) is 24.0 Å². The summed E-state index contributed by atoms with van der Waals surface area (Å²) < 4.78 is 5.17. The summed E-state index contributed by atoms with van der Waals surface area (Å²) in [6.45, 7) is 1.31. The molecular weight excluding hydrogens is 467 g/mol. The van der Waals surface area contributed by atoms with E-state index in [9.17, 15) is 0 Å². The van der Waals surface area contributed by atoms with Gasteiger partial charge in [-0.1, -0.05) is 30.3 Å². The third kappa shape index (κ3) is 6.22. The van der Waals surface area contributed by atoms with Crippen LogP contribution in [-0.2, 0) is 13.0 Å². The van der Waals surface area contributed by atoms with Crippen LogP contribution >= 0.6 is 24.0 Å². The Morgan fingerprint density at radius 1 is 1.07 bits per heavy atom. The molecule has 0 saturated heterocycles. The molecule has 0 fully saturated rings. The number of nitrogens with one attached hydrogen (secondary N) is 3. The van der Waals surface area contributed by atoms with Crippen LogP contribution < -0.4 is 15.4 Å². The Kier molecular flexibility index (Phi) is 8.73. The molecule has 0 radical (unpaired) electrons. The van der Waals surface area contributed by atoms with Gasteiger partial charge in [0.1, 0.15) is 11.6 Å². The predicted molar refractivity (Wildman–Crippen MR) is 122 cm³/mol. The number of benzene rings is 2. The smallest absolute Gasteiger partial charge is 0.191 e. The fourth-order valence-corrected chi connectivity index (χ4v) is 2.60. The first-order valence-electron chi connectivity index (χ1n) is 8.82. The number of rotatable bonds is 7. The number of H-pyrrole nitrogens is 1. The summed E-state index contributed by atoms with van der Waals surface area (Å²) in [6, 6.07) is 18.0. The van der Waals surface area contributed by atoms with Crippen molar-refractivity contribution in [3.63, 3.8) is 0 Å². The molecule has 0 saturated carbocycles. The average Bonchev–Trinajstić information content (AvgIpc) is 3.20. The lowest BCUT2D eigenvalue weighted by atomic mass is 10.1. The third-order valence-corrected chi connectivity index (χ3v) is 4.08. The minimum Gasteiger partial charge on any atom is -0.497 e. The molecule has 7 nitrogen and oxygen atoms in total. The van der Waals surface area contributed by atoms with Crippen LogP contribution in [0.25, 0.3) is 11.4 Å². The second kappa shape index (κ2) is 11.3. The van der Waals surface area contributed by atoms with Gasteiger partial charge in [-0.05, 0) is 36.2 Å². The predicted octanol–water partition coefficient (Wildman–Crippen LogP) is 3.01. The Hall–Kier alpha value is -2.62. The largest absolute Gasteiger partial charge is 0.497 e. The lowest BCUT2D eigenvalue weighted by Gasteiger charge is -2.10. The van der Waals surface area contributed by atoms with Crippen LogP contribution in [0.1, 0.15) is 11.4 Å². The molecule has 3 rings (SSSR count). The number of aliphatic imine (C=N–C) groups is 1. The Balaban J connectivity index is 0.00000280. The first kappa shape index (κ1) is 21.7. The standard InChI is InChI=1S/C20H24N6O.HI/c1-21-20(22-13-12-15-6-4-3-5-7-15)23-14-18-24-19(26-25-18)16-8-10-17(27-2)11-9-16;/h3-11H,12-14H2,1-2H3,(H2,21,22,23)(H,24,25,26);1H. The molecule has 0 amide bonds. The van der Waals surface area contributed by atoms with Gasteiger partial charge in [0.2, 0.25) is 0 Å². The molecule has 0 spiro atoms. The zero-order valence-electron chi connectivity index (χ0n) is 16.0. The highest BCUT2D eigenvalue weighted by Gasteiger charge is 2.07. The first-order chi connectivity index (χ1) is 13.3. The van der Waals surface area contributed by atoms with Gasteiger partial charge in [0.15, 0.2) is 11.8 Å². The number of aromatic amines is 1. The van der Waals surface area contributed by atoms with Gasteiger partial charge < -0.3 is 15.4 Å². The minimum atomic E-state index is 0. The number of hydrogen-bond acceptors (Lipinski definition) is 4. The molecule has 0 atom stereocenters. The number of aromatic nitrogens is 3. The van der Waals surface area contributed by atoms with Gasteiger partial charge in [0.05, 0.1) is 13.7 Å². The lowest BCUT2D eigenvalue weighted by molar-refractivity contribution is 0.415. The fourth-order valence-electron chi connectivity index (χ4n) is 2.60. The number of nitrogens with zero attached hydrogens (tertiary/aromatic N) is 3. The van der Waals surface area contributed by atoms with Crippen LogP contribution in [0.15, 0.2) is 59.6 Å². The van der Waals surface area contributed by atoms with Crippen LogP contribution in [0, 0.1) is 0 Å². The highest BCUT2D eigenvalue weighted by atomic mass is 127. The molecule has 0 aliphatic rings. The highest BCUT2D eigenvalue weighted by Crippen LogP contribution is 2.18. The van der Waals surface area contributed by atoms with Crippen molar-refractivity contribution in [3.05, 3.63) is 66.0 Å². The molecule has 1 aromatic heterocycles. The van der Waals surface area contributed by atoms with Crippen molar-refractivity contribution in [2.24, 2.45) is 4.99 Å². The molecule has 1 heterocycles. The van der Waals surface area contributed by atoms with E-state index in [0.717, 1.165) is 36.1 Å². The summed E-state index contributed by atoms with van der Waals surface area (Å²) in [5, 5.41) is 13.8. The molecule has 0 aliphatic heterocycles. The third-order valence-electron chi connectivity index (χ3n) is 4.08. The number of hydrogen-bond donors (Lipinski definition) is 3. The zero-order valence-corrected chi connectivity index (χ0v) is 18.3. The van der Waals surface area contributed by atoms with Crippen molar-refractivity contribution < 1.29 is 4.74 Å². The average molecular weight is 492 g/mol. The lowest BCUT2D eigenvalue weighted by Crippen LogP contribution is -2.38. The second-order valence-electron chi connectivity index (χ2n) is 5.92. The van der Waals surface area contributed by atoms with E-state index in [4.69, 9.17) is 4.74 Å². The van der Waals surface area contributed by atoms with E-state index in [-0.39, 0.29) is 24.0 Å². The van der Waals surface area contributed by atoms with E-state index < -0.39 is 0 Å². The second-order valence-corrected chi connectivity index (χ2v) is 5.92. The Bertz CT molecular complexity index is 864. The van der Waals surface area contributed by atoms with Gasteiger partial charge >= 0.3 is 0 Å². The van der Waals surface area contributed by atoms with Gasteiger partial charge in [-0.2, -0.15) is 5.10 Å². The Morgan fingerprint density at radius 2 is 1.82 bits per heavy atom. The van der Waals surface area contributed by atoms with Crippen LogP contribution in [0.5, 0.6) is 5.75 Å². The van der Waals surface area contributed by atoms with Crippen molar-refractivity contribution in [2.75, 3.05) is 20.7 Å². The SMILES string of the molecule is CN=C(NCCc1ccccc1)NCc1nc(-c2ccc(OC)cc2)n[nH]1.I. The molecular formula is C20H25IN6O. The van der Waals surface area contributed by atoms with E-state index in [1.165, 1.54) is 5.56 Å². The monoisotopic (exact) mass is 492 g/mol. The molecule has 0 unspecified atom stereocenters. The minimum absolute atomic E-state index is 0. The fraction of sp³-hybridized carbons (Fsp3) is 0.250. The molecule has 148 valence electrons. The normalized spacial score (nSPS) is 10.9. The maximum absolute atomic E-state index is 5.17. The van der Waals surface area contributed by atoms with Crippen molar-refractivity contribution in [2.45, 2.75) is 13.0 Å². The van der Waals surface area contributed by atoms with Crippen molar-refractivity contribution in [1.29, 1.82) is 0 Å². The van der Waals surface area contributed by atoms with E-state index >= 15 is 0 Å². The quantitative estimate of drug-likeness (QED) is 0.268. The summed E-state index contributed by atoms with van der Waals surface area (Å²) in [5.41, 5.74) is 2.23. The number of methoxy groups -OCH3 is 1. The number of halogens is 1. The number of guanidine groups is 1. The summed E-state index contributed by atoms with van der Waals surface area (Å²) in [7, 11) is 3.40. The molecule has 0 aliphatic carbocycles. The maximum Gasteiger partial charge on any atom is 0.191 e. The van der Waals surface area contributed by atoms with E-state index in [2.05, 4.69) is 42.9 Å².